The Morgan fingerprint density at radius 3 is 2.89 bits per heavy atom. The molecule has 1 saturated heterocycles. The van der Waals surface area contributed by atoms with Crippen LogP contribution in [0, 0.1) is 0 Å². The summed E-state index contributed by atoms with van der Waals surface area (Å²) in [6, 6.07) is 0. The summed E-state index contributed by atoms with van der Waals surface area (Å²) >= 11 is 0. The Morgan fingerprint density at radius 2 is 2.11 bits per heavy atom. The zero-order valence-corrected chi connectivity index (χ0v) is 10.4. The molecule has 1 atom stereocenters. The van der Waals surface area contributed by atoms with Crippen molar-refractivity contribution >= 4 is 5.69 Å². The van der Waals surface area contributed by atoms with Crippen LogP contribution >= 0.6 is 0 Å². The molecule has 2 aliphatic rings. The lowest BCUT2D eigenvalue weighted by Crippen LogP contribution is -2.46. The van der Waals surface area contributed by atoms with Gasteiger partial charge < -0.3 is 15.0 Å². The summed E-state index contributed by atoms with van der Waals surface area (Å²) in [6.45, 7) is 2.29. The summed E-state index contributed by atoms with van der Waals surface area (Å²) in [5, 5.41) is 6.79. The maximum absolute atomic E-state index is 11.8. The molecule has 1 aromatic rings. The molecule has 0 amide bonds. The van der Waals surface area contributed by atoms with Crippen molar-refractivity contribution in [3.8, 4) is 0 Å². The summed E-state index contributed by atoms with van der Waals surface area (Å²) in [5.74, 6) is 0. The first-order valence-electron chi connectivity index (χ1n) is 6.66. The molecule has 5 heteroatoms. The average molecular weight is 249 g/mol. The lowest BCUT2D eigenvalue weighted by molar-refractivity contribution is 0.0849. The second kappa shape index (κ2) is 5.12. The van der Waals surface area contributed by atoms with Crippen LogP contribution in [0.3, 0.4) is 0 Å². The summed E-state index contributed by atoms with van der Waals surface area (Å²) < 4.78 is 5.43. The molecule has 0 radical (unpaired) electrons. The number of pyridine rings is 1. The first-order chi connectivity index (χ1) is 8.84. The highest BCUT2D eigenvalue weighted by atomic mass is 16.5. The number of morpholine rings is 1. The summed E-state index contributed by atoms with van der Waals surface area (Å²) in [4.78, 5) is 14.6. The first-order valence-corrected chi connectivity index (χ1v) is 6.66. The zero-order chi connectivity index (χ0) is 12.4. The Morgan fingerprint density at radius 1 is 1.28 bits per heavy atom. The molecule has 0 spiro atoms. The van der Waals surface area contributed by atoms with Gasteiger partial charge in [0.2, 0.25) is 0 Å². The van der Waals surface area contributed by atoms with Gasteiger partial charge in [-0.05, 0) is 31.2 Å². The van der Waals surface area contributed by atoms with Crippen LogP contribution in [0.25, 0.3) is 0 Å². The Balaban J connectivity index is 1.85. The highest BCUT2D eigenvalue weighted by Gasteiger charge is 2.19. The van der Waals surface area contributed by atoms with Gasteiger partial charge in [0.15, 0.2) is 0 Å². The number of anilines is 1. The number of ether oxygens (including phenoxy) is 1. The lowest BCUT2D eigenvalue weighted by Gasteiger charge is -2.27. The highest BCUT2D eigenvalue weighted by molar-refractivity contribution is 5.54. The maximum Gasteiger partial charge on any atom is 0.251 e. The van der Waals surface area contributed by atoms with E-state index >= 15 is 0 Å². The number of aromatic amines is 1. The monoisotopic (exact) mass is 249 g/mol. The molecule has 0 saturated carbocycles. The van der Waals surface area contributed by atoms with E-state index in [0.717, 1.165) is 43.7 Å². The third-order valence-corrected chi connectivity index (χ3v) is 3.67. The molecule has 1 fully saturated rings. The Kier molecular flexibility index (Phi) is 3.34. The molecule has 1 aromatic heterocycles. The standard InChI is InChI=1S/C13H19N3O2/c17-13-10-4-2-1-3-9(10)11(7-15-13)16-12-8-18-6-5-14-12/h7,12,14,16H,1-6,8H2,(H,15,17). The van der Waals surface area contributed by atoms with Crippen LogP contribution in [0.2, 0.25) is 0 Å². The third-order valence-electron chi connectivity index (χ3n) is 3.67. The molecule has 5 nitrogen and oxygen atoms in total. The van der Waals surface area contributed by atoms with Crippen molar-refractivity contribution in [1.82, 2.24) is 10.3 Å². The Labute approximate surface area is 106 Å². The highest BCUT2D eigenvalue weighted by Crippen LogP contribution is 2.25. The Bertz CT molecular complexity index is 478. The second-order valence-corrected chi connectivity index (χ2v) is 4.92. The Hall–Kier alpha value is -1.33. The van der Waals surface area contributed by atoms with E-state index in [-0.39, 0.29) is 11.7 Å². The van der Waals surface area contributed by atoms with Crippen molar-refractivity contribution in [3.63, 3.8) is 0 Å². The van der Waals surface area contributed by atoms with E-state index in [9.17, 15) is 4.79 Å². The fourth-order valence-corrected chi connectivity index (χ4v) is 2.74. The van der Waals surface area contributed by atoms with E-state index in [2.05, 4.69) is 15.6 Å². The van der Waals surface area contributed by atoms with Crippen LogP contribution in [-0.2, 0) is 17.6 Å². The van der Waals surface area contributed by atoms with Crippen molar-refractivity contribution in [2.24, 2.45) is 0 Å². The van der Waals surface area contributed by atoms with Gasteiger partial charge >= 0.3 is 0 Å². The van der Waals surface area contributed by atoms with Crippen molar-refractivity contribution in [2.75, 3.05) is 25.1 Å². The molecule has 18 heavy (non-hydrogen) atoms. The minimum Gasteiger partial charge on any atom is -0.377 e. The predicted molar refractivity (Wildman–Crippen MR) is 69.9 cm³/mol. The number of hydrogen-bond donors (Lipinski definition) is 3. The smallest absolute Gasteiger partial charge is 0.251 e. The minimum atomic E-state index is 0.0723. The lowest BCUT2D eigenvalue weighted by atomic mass is 9.92. The van der Waals surface area contributed by atoms with E-state index in [1.807, 2.05) is 0 Å². The second-order valence-electron chi connectivity index (χ2n) is 4.92. The molecule has 2 heterocycles. The van der Waals surface area contributed by atoms with E-state index in [4.69, 9.17) is 4.74 Å². The molecular formula is C13H19N3O2. The molecular weight excluding hydrogens is 230 g/mol. The average Bonchev–Trinajstić information content (AvgIpc) is 2.44. The van der Waals surface area contributed by atoms with Crippen molar-refractivity contribution in [1.29, 1.82) is 0 Å². The van der Waals surface area contributed by atoms with Crippen LogP contribution < -0.4 is 16.2 Å². The topological polar surface area (TPSA) is 66.2 Å². The van der Waals surface area contributed by atoms with Gasteiger partial charge in [0, 0.05) is 18.3 Å². The quantitative estimate of drug-likeness (QED) is 0.718. The maximum atomic E-state index is 11.8. The van der Waals surface area contributed by atoms with E-state index in [1.54, 1.807) is 6.20 Å². The van der Waals surface area contributed by atoms with Gasteiger partial charge in [-0.25, -0.2) is 0 Å². The SMILES string of the molecule is O=c1[nH]cc(NC2COCCN2)c2c1CCCC2. The van der Waals surface area contributed by atoms with Crippen molar-refractivity contribution < 1.29 is 4.74 Å². The number of hydrogen-bond acceptors (Lipinski definition) is 4. The zero-order valence-electron chi connectivity index (χ0n) is 10.4. The summed E-state index contributed by atoms with van der Waals surface area (Å²) in [7, 11) is 0. The minimum absolute atomic E-state index is 0.0723. The van der Waals surface area contributed by atoms with E-state index in [1.165, 1.54) is 12.0 Å². The van der Waals surface area contributed by atoms with Gasteiger partial charge in [0.05, 0.1) is 18.9 Å². The summed E-state index contributed by atoms with van der Waals surface area (Å²) in [6.07, 6.45) is 6.10. The van der Waals surface area contributed by atoms with Gasteiger partial charge in [-0.15, -0.1) is 0 Å². The van der Waals surface area contributed by atoms with Crippen molar-refractivity contribution in [3.05, 3.63) is 27.7 Å². The van der Waals surface area contributed by atoms with Crippen molar-refractivity contribution in [2.45, 2.75) is 31.8 Å². The summed E-state index contributed by atoms with van der Waals surface area (Å²) in [5.41, 5.74) is 3.27. The third kappa shape index (κ3) is 2.28. The molecule has 3 N–H and O–H groups in total. The van der Waals surface area contributed by atoms with Gasteiger partial charge in [-0.2, -0.15) is 0 Å². The van der Waals surface area contributed by atoms with Gasteiger partial charge in [-0.1, -0.05) is 0 Å². The molecule has 98 valence electrons. The normalized spacial score (nSPS) is 23.4. The van der Waals surface area contributed by atoms with Crippen LogP contribution in [0.5, 0.6) is 0 Å². The van der Waals surface area contributed by atoms with Crippen LogP contribution in [-0.4, -0.2) is 30.9 Å². The van der Waals surface area contributed by atoms with E-state index < -0.39 is 0 Å². The van der Waals surface area contributed by atoms with Gasteiger partial charge in [0.1, 0.15) is 6.17 Å². The number of aromatic nitrogens is 1. The van der Waals surface area contributed by atoms with Crippen LogP contribution in [0.15, 0.2) is 11.0 Å². The molecule has 0 bridgehead atoms. The van der Waals surface area contributed by atoms with Gasteiger partial charge in [-0.3, -0.25) is 10.1 Å². The largest absolute Gasteiger partial charge is 0.377 e. The number of H-pyrrole nitrogens is 1. The van der Waals surface area contributed by atoms with Gasteiger partial charge in [0.25, 0.3) is 5.56 Å². The number of rotatable bonds is 2. The van der Waals surface area contributed by atoms with Crippen LogP contribution in [0.4, 0.5) is 5.69 Å². The molecule has 1 aliphatic carbocycles. The predicted octanol–water partition coefficient (Wildman–Crippen LogP) is 0.611. The molecule has 1 aliphatic heterocycles. The fraction of sp³-hybridized carbons (Fsp3) is 0.615. The molecule has 3 rings (SSSR count). The van der Waals surface area contributed by atoms with Crippen LogP contribution in [0.1, 0.15) is 24.0 Å². The van der Waals surface area contributed by atoms with E-state index in [0.29, 0.717) is 6.61 Å². The molecule has 1 unspecified atom stereocenters. The molecule has 0 aromatic carbocycles. The number of nitrogens with one attached hydrogen (secondary N) is 3. The number of fused-ring (bicyclic) bond motifs is 1. The fourth-order valence-electron chi connectivity index (χ4n) is 2.74. The first kappa shape index (κ1) is 11.7.